The van der Waals surface area contributed by atoms with Crippen molar-refractivity contribution in [2.24, 2.45) is 0 Å². The molecule has 0 atom stereocenters. The largest absolute Gasteiger partial charge is 0.464 e. The summed E-state index contributed by atoms with van der Waals surface area (Å²) in [5, 5.41) is 3.65. The maximum atomic E-state index is 6.08. The number of halogens is 1. The van der Waals surface area contributed by atoms with Crippen LogP contribution in [0.25, 0.3) is 0 Å². The first kappa shape index (κ1) is 15.3. The lowest BCUT2D eigenvalue weighted by Gasteiger charge is -2.09. The molecule has 0 aliphatic rings. The van der Waals surface area contributed by atoms with Crippen LogP contribution in [-0.4, -0.2) is 28.1 Å². The smallest absolute Gasteiger partial charge is 0.324 e. The number of hydrogen-bond donors (Lipinski definition) is 1. The number of rotatable bonds is 7. The maximum Gasteiger partial charge on any atom is 0.324 e. The van der Waals surface area contributed by atoms with Crippen LogP contribution in [0.5, 0.6) is 12.0 Å². The van der Waals surface area contributed by atoms with Crippen molar-refractivity contribution in [3.05, 3.63) is 34.9 Å². The number of anilines is 1. The number of ether oxygens (including phenoxy) is 2. The van der Waals surface area contributed by atoms with Gasteiger partial charge in [-0.25, -0.2) is 0 Å². The highest BCUT2D eigenvalue weighted by Gasteiger charge is 2.09. The molecule has 2 rings (SSSR count). The molecule has 21 heavy (non-hydrogen) atoms. The minimum absolute atomic E-state index is 0.198. The Hall–Kier alpha value is -2.08. The molecular formula is C14H17ClN4O2. The van der Waals surface area contributed by atoms with E-state index in [0.29, 0.717) is 24.1 Å². The van der Waals surface area contributed by atoms with Gasteiger partial charge in [0.1, 0.15) is 6.61 Å². The Kier molecular flexibility index (Phi) is 5.57. The molecule has 0 radical (unpaired) electrons. The number of benzene rings is 1. The molecule has 112 valence electrons. The summed E-state index contributed by atoms with van der Waals surface area (Å²) >= 11 is 6.08. The van der Waals surface area contributed by atoms with E-state index in [4.69, 9.17) is 21.1 Å². The third-order valence-electron chi connectivity index (χ3n) is 2.52. The molecule has 0 saturated carbocycles. The summed E-state index contributed by atoms with van der Waals surface area (Å²) in [5.74, 6) is 0.421. The van der Waals surface area contributed by atoms with Gasteiger partial charge < -0.3 is 14.8 Å². The van der Waals surface area contributed by atoms with Gasteiger partial charge in [-0.15, -0.1) is 4.98 Å². The number of hydrogen-bond acceptors (Lipinski definition) is 6. The van der Waals surface area contributed by atoms with Crippen molar-refractivity contribution in [1.29, 1.82) is 0 Å². The van der Waals surface area contributed by atoms with E-state index in [2.05, 4.69) is 20.3 Å². The summed E-state index contributed by atoms with van der Waals surface area (Å²) in [5.41, 5.74) is 0.863. The van der Waals surface area contributed by atoms with E-state index in [1.165, 1.54) is 0 Å². The van der Waals surface area contributed by atoms with Crippen molar-refractivity contribution in [2.45, 2.75) is 20.5 Å². The number of nitrogens with one attached hydrogen (secondary N) is 1. The van der Waals surface area contributed by atoms with E-state index in [1.54, 1.807) is 0 Å². The van der Waals surface area contributed by atoms with Crippen LogP contribution in [0, 0.1) is 0 Å². The van der Waals surface area contributed by atoms with Crippen molar-refractivity contribution in [3.8, 4) is 12.0 Å². The summed E-state index contributed by atoms with van der Waals surface area (Å²) in [4.78, 5) is 12.4. The van der Waals surface area contributed by atoms with Crippen molar-refractivity contribution >= 4 is 17.5 Å². The SMILES string of the molecule is CCNc1nc(OCC)nc(OCc2ccccc2Cl)n1. The van der Waals surface area contributed by atoms with Crippen LogP contribution in [-0.2, 0) is 6.61 Å². The van der Waals surface area contributed by atoms with Crippen LogP contribution >= 0.6 is 11.6 Å². The minimum atomic E-state index is 0.198. The van der Waals surface area contributed by atoms with E-state index in [-0.39, 0.29) is 18.6 Å². The van der Waals surface area contributed by atoms with Crippen LogP contribution in [0.15, 0.2) is 24.3 Å². The minimum Gasteiger partial charge on any atom is -0.464 e. The third-order valence-corrected chi connectivity index (χ3v) is 2.89. The Morgan fingerprint density at radius 3 is 2.43 bits per heavy atom. The Morgan fingerprint density at radius 1 is 1.05 bits per heavy atom. The summed E-state index contributed by atoms with van der Waals surface area (Å²) < 4.78 is 10.9. The Labute approximate surface area is 128 Å². The van der Waals surface area contributed by atoms with Crippen molar-refractivity contribution in [3.63, 3.8) is 0 Å². The monoisotopic (exact) mass is 308 g/mol. The quantitative estimate of drug-likeness (QED) is 0.848. The fourth-order valence-electron chi connectivity index (χ4n) is 1.59. The first-order valence-corrected chi connectivity index (χ1v) is 7.09. The van der Waals surface area contributed by atoms with Crippen LogP contribution in [0.1, 0.15) is 19.4 Å². The Morgan fingerprint density at radius 2 is 1.76 bits per heavy atom. The zero-order chi connectivity index (χ0) is 15.1. The van der Waals surface area contributed by atoms with Crippen LogP contribution < -0.4 is 14.8 Å². The number of aromatic nitrogens is 3. The molecule has 1 N–H and O–H groups in total. The molecule has 7 heteroatoms. The summed E-state index contributed by atoms with van der Waals surface area (Å²) in [6.45, 7) is 5.26. The van der Waals surface area contributed by atoms with Crippen molar-refractivity contribution in [2.75, 3.05) is 18.5 Å². The molecule has 1 aromatic carbocycles. The average Bonchev–Trinajstić information content (AvgIpc) is 2.47. The van der Waals surface area contributed by atoms with Gasteiger partial charge in [0.25, 0.3) is 0 Å². The summed E-state index contributed by atoms with van der Waals surface area (Å²) in [6.07, 6.45) is 0. The van der Waals surface area contributed by atoms with Gasteiger partial charge in [-0.2, -0.15) is 9.97 Å². The molecule has 0 amide bonds. The molecule has 0 saturated heterocycles. The van der Waals surface area contributed by atoms with E-state index in [1.807, 2.05) is 38.1 Å². The molecule has 0 spiro atoms. The first-order chi connectivity index (χ1) is 10.2. The second-order valence-electron chi connectivity index (χ2n) is 4.07. The predicted molar refractivity (Wildman–Crippen MR) is 80.9 cm³/mol. The topological polar surface area (TPSA) is 69.2 Å². The summed E-state index contributed by atoms with van der Waals surface area (Å²) in [6, 6.07) is 7.89. The van der Waals surface area contributed by atoms with Gasteiger partial charge in [0.2, 0.25) is 5.95 Å². The van der Waals surface area contributed by atoms with Gasteiger partial charge in [0.15, 0.2) is 0 Å². The number of nitrogens with zero attached hydrogens (tertiary/aromatic N) is 3. The van der Waals surface area contributed by atoms with Gasteiger partial charge in [-0.1, -0.05) is 29.8 Å². The molecule has 0 unspecified atom stereocenters. The summed E-state index contributed by atoms with van der Waals surface area (Å²) in [7, 11) is 0. The highest BCUT2D eigenvalue weighted by atomic mass is 35.5. The van der Waals surface area contributed by atoms with Crippen LogP contribution in [0.3, 0.4) is 0 Å². The maximum absolute atomic E-state index is 6.08. The van der Waals surface area contributed by atoms with Crippen molar-refractivity contribution in [1.82, 2.24) is 15.0 Å². The standard InChI is InChI=1S/C14H17ClN4O2/c1-3-16-12-17-13(20-4-2)19-14(18-12)21-9-10-7-5-6-8-11(10)15/h5-8H,3-4,9H2,1-2H3,(H,16,17,18,19). The second kappa shape index (κ2) is 7.64. The molecule has 2 aromatic rings. The highest BCUT2D eigenvalue weighted by molar-refractivity contribution is 6.31. The zero-order valence-corrected chi connectivity index (χ0v) is 12.7. The fraction of sp³-hybridized carbons (Fsp3) is 0.357. The molecule has 0 aliphatic carbocycles. The van der Waals surface area contributed by atoms with E-state index in [9.17, 15) is 0 Å². The Balaban J connectivity index is 2.13. The molecule has 0 bridgehead atoms. The van der Waals surface area contributed by atoms with E-state index >= 15 is 0 Å². The second-order valence-corrected chi connectivity index (χ2v) is 4.47. The van der Waals surface area contributed by atoms with Crippen LogP contribution in [0.4, 0.5) is 5.95 Å². The molecule has 1 aromatic heterocycles. The molecule has 6 nitrogen and oxygen atoms in total. The van der Waals surface area contributed by atoms with Gasteiger partial charge in [-0.05, 0) is 19.9 Å². The van der Waals surface area contributed by atoms with Crippen LogP contribution in [0.2, 0.25) is 5.02 Å². The molecule has 1 heterocycles. The van der Waals surface area contributed by atoms with Gasteiger partial charge >= 0.3 is 12.0 Å². The van der Waals surface area contributed by atoms with Gasteiger partial charge in [0.05, 0.1) is 6.61 Å². The van der Waals surface area contributed by atoms with Gasteiger partial charge in [0, 0.05) is 17.1 Å². The third kappa shape index (κ3) is 4.46. The fourth-order valence-corrected chi connectivity index (χ4v) is 1.78. The molecular weight excluding hydrogens is 292 g/mol. The Bertz CT molecular complexity index is 571. The van der Waals surface area contributed by atoms with E-state index in [0.717, 1.165) is 5.56 Å². The first-order valence-electron chi connectivity index (χ1n) is 6.71. The van der Waals surface area contributed by atoms with Crippen molar-refractivity contribution < 1.29 is 9.47 Å². The zero-order valence-electron chi connectivity index (χ0n) is 12.0. The predicted octanol–water partition coefficient (Wildman–Crippen LogP) is 2.93. The lowest BCUT2D eigenvalue weighted by Crippen LogP contribution is -2.09. The molecule has 0 fully saturated rings. The molecule has 0 aliphatic heterocycles. The normalized spacial score (nSPS) is 10.2. The van der Waals surface area contributed by atoms with E-state index < -0.39 is 0 Å². The lowest BCUT2D eigenvalue weighted by molar-refractivity contribution is 0.262. The lowest BCUT2D eigenvalue weighted by atomic mass is 10.2. The average molecular weight is 309 g/mol. The van der Waals surface area contributed by atoms with Gasteiger partial charge in [-0.3, -0.25) is 0 Å². The highest BCUT2D eigenvalue weighted by Crippen LogP contribution is 2.18.